The number of nitrogens with zero attached hydrogens (tertiary/aromatic N) is 1. The molecule has 0 aromatic heterocycles. The number of rotatable bonds is 14. The lowest BCUT2D eigenvalue weighted by Crippen LogP contribution is -2.39. The smallest absolute Gasteiger partial charge is 0.264 e. The minimum absolute atomic E-state index is 0.0888. The van der Waals surface area contributed by atoms with Crippen molar-refractivity contribution in [2.75, 3.05) is 45.8 Å². The Hall–Kier alpha value is -3.00. The maximum absolute atomic E-state index is 10.6. The van der Waals surface area contributed by atoms with E-state index in [9.17, 15) is 18.3 Å². The molecule has 3 rings (SSSR count). The van der Waals surface area contributed by atoms with E-state index in [4.69, 9.17) is 19.3 Å². The van der Waals surface area contributed by atoms with E-state index in [1.807, 2.05) is 65.8 Å². The van der Waals surface area contributed by atoms with E-state index in [-0.39, 0.29) is 48.7 Å². The van der Waals surface area contributed by atoms with Crippen LogP contribution in [-0.4, -0.2) is 104 Å². The van der Waals surface area contributed by atoms with Crippen LogP contribution >= 0.6 is 0 Å². The van der Waals surface area contributed by atoms with Gasteiger partial charge in [0.1, 0.15) is 24.2 Å². The van der Waals surface area contributed by atoms with Gasteiger partial charge in [-0.15, -0.1) is 0 Å². The Morgan fingerprint density at radius 1 is 0.818 bits per heavy atom. The van der Waals surface area contributed by atoms with Crippen molar-refractivity contribution < 1.29 is 41.8 Å². The average molecular weight is 795 g/mol. The zero-order valence-corrected chi connectivity index (χ0v) is 37.3. The van der Waals surface area contributed by atoms with Crippen molar-refractivity contribution in [3.8, 4) is 11.5 Å². The van der Waals surface area contributed by atoms with Crippen LogP contribution in [0.5, 0.6) is 11.5 Å². The second kappa shape index (κ2) is 23.3. The molecule has 0 radical (unpaired) electrons. The summed E-state index contributed by atoms with van der Waals surface area (Å²) < 4.78 is 42.2. The molecular weight excluding hydrogens is 721 g/mol. The second-order valence-corrected chi connectivity index (χ2v) is 19.2. The number of ether oxygens (including phenoxy) is 3. The van der Waals surface area contributed by atoms with Crippen molar-refractivity contribution in [2.45, 2.75) is 131 Å². The summed E-state index contributed by atoms with van der Waals surface area (Å²) in [5, 5.41) is 21.7. The van der Waals surface area contributed by atoms with Gasteiger partial charge in [-0.1, -0.05) is 51.6 Å². The summed E-state index contributed by atoms with van der Waals surface area (Å²) in [5.41, 5.74) is 1.86. The van der Waals surface area contributed by atoms with Crippen LogP contribution in [-0.2, 0) is 29.2 Å². The summed E-state index contributed by atoms with van der Waals surface area (Å²) >= 11 is 0. The molecule has 11 nitrogen and oxygen atoms in total. The summed E-state index contributed by atoms with van der Waals surface area (Å²) in [7, 11) is -3.28. The highest BCUT2D eigenvalue weighted by Crippen LogP contribution is 2.33. The summed E-state index contributed by atoms with van der Waals surface area (Å²) in [6.45, 7) is 34.8. The van der Waals surface area contributed by atoms with E-state index in [0.29, 0.717) is 12.1 Å². The Morgan fingerprint density at radius 3 is 1.51 bits per heavy atom. The van der Waals surface area contributed by atoms with Crippen LogP contribution < -0.4 is 14.8 Å². The van der Waals surface area contributed by atoms with E-state index in [0.717, 1.165) is 17.8 Å². The van der Waals surface area contributed by atoms with Gasteiger partial charge in [0, 0.05) is 42.1 Å². The average Bonchev–Trinajstić information content (AvgIpc) is 3.91. The van der Waals surface area contributed by atoms with Gasteiger partial charge in [-0.3, -0.25) is 13.9 Å². The van der Waals surface area contributed by atoms with Crippen LogP contribution in [0, 0.1) is 5.92 Å². The minimum Gasteiger partial charge on any atom is -0.493 e. The van der Waals surface area contributed by atoms with E-state index in [2.05, 4.69) is 79.9 Å². The van der Waals surface area contributed by atoms with Gasteiger partial charge in [-0.2, -0.15) is 8.42 Å². The highest BCUT2D eigenvalue weighted by Gasteiger charge is 2.29. The summed E-state index contributed by atoms with van der Waals surface area (Å²) in [4.78, 5) is 13.0. The number of aliphatic hydroxyl groups excluding tert-OH is 2. The molecule has 12 heteroatoms. The fraction of sp³-hybridized carbons (Fsp3) is 0.651. The highest BCUT2D eigenvalue weighted by atomic mass is 32.2. The van der Waals surface area contributed by atoms with Crippen molar-refractivity contribution in [3.63, 3.8) is 0 Å². The van der Waals surface area contributed by atoms with Crippen LogP contribution in [0.3, 0.4) is 0 Å². The first-order valence-electron chi connectivity index (χ1n) is 19.0. The molecule has 1 aliphatic heterocycles. The third-order valence-electron chi connectivity index (χ3n) is 7.54. The van der Waals surface area contributed by atoms with E-state index >= 15 is 0 Å². The van der Waals surface area contributed by atoms with Crippen molar-refractivity contribution in [1.29, 1.82) is 0 Å². The molecule has 1 saturated heterocycles. The van der Waals surface area contributed by atoms with Crippen LogP contribution in [0.1, 0.15) is 108 Å². The maximum atomic E-state index is 10.6. The normalized spacial score (nSPS) is 14.4. The molecule has 2 unspecified atom stereocenters. The van der Waals surface area contributed by atoms with Gasteiger partial charge in [0.2, 0.25) is 5.91 Å². The standard InChI is InChI=1S/C25H36O5.C7H13NO.C6H13N.C5H12O3S/c1-18(2)28-16-22(27)17-30-24-12-8-21(9-13-24)25(4,5)20-6-10-23(11-7-20)29-15-19(3)14-26;1-5-6(9)8-7(2,3)4;1-6(2,3)7-4-5-7;1-5(2,3)8-9(4,6)7/h6-13,18-19,22,26-27H,14-17H2,1-5H3;5H,1H2,2-4H3,(H,8,9);4-5H2,1-3H3;1-4H3. The minimum atomic E-state index is -3.28. The quantitative estimate of drug-likeness (QED) is 0.103. The van der Waals surface area contributed by atoms with E-state index < -0.39 is 21.8 Å². The van der Waals surface area contributed by atoms with E-state index in [1.165, 1.54) is 30.3 Å². The lowest BCUT2D eigenvalue weighted by atomic mass is 9.78. The molecule has 2 aromatic rings. The number of nitrogens with one attached hydrogen (secondary N) is 1. The number of benzene rings is 2. The molecule has 0 spiro atoms. The van der Waals surface area contributed by atoms with Gasteiger partial charge in [-0.25, -0.2) is 0 Å². The lowest BCUT2D eigenvalue weighted by Gasteiger charge is -2.26. The first-order valence-corrected chi connectivity index (χ1v) is 20.8. The SMILES string of the molecule is C=CC(=O)NC(C)(C)C.CC(C)(C)N1CC1.CC(C)(C)OS(C)(=O)=O.CC(CO)COc1ccc(C(C)(C)c2ccc(OCC(O)COC(C)C)cc2)cc1. The van der Waals surface area contributed by atoms with Gasteiger partial charge >= 0.3 is 0 Å². The Labute approximate surface area is 333 Å². The van der Waals surface area contributed by atoms with Crippen molar-refractivity contribution in [2.24, 2.45) is 5.92 Å². The van der Waals surface area contributed by atoms with Crippen LogP contribution in [0.4, 0.5) is 0 Å². The zero-order chi connectivity index (χ0) is 42.8. The fourth-order valence-electron chi connectivity index (χ4n) is 4.53. The van der Waals surface area contributed by atoms with Gasteiger partial charge in [-0.05, 0) is 118 Å². The molecule has 316 valence electrons. The molecule has 1 amide bonds. The van der Waals surface area contributed by atoms with Gasteiger partial charge in [0.05, 0.1) is 31.2 Å². The molecule has 1 aliphatic rings. The van der Waals surface area contributed by atoms with Crippen LogP contribution in [0.2, 0.25) is 0 Å². The van der Waals surface area contributed by atoms with Crippen LogP contribution in [0.15, 0.2) is 61.2 Å². The highest BCUT2D eigenvalue weighted by molar-refractivity contribution is 7.86. The molecule has 1 fully saturated rings. The molecule has 3 N–H and O–H groups in total. The molecular formula is C43H74N2O9S. The van der Waals surface area contributed by atoms with Gasteiger partial charge in [0.25, 0.3) is 10.1 Å². The molecule has 55 heavy (non-hydrogen) atoms. The summed E-state index contributed by atoms with van der Waals surface area (Å²) in [6, 6.07) is 16.1. The second-order valence-electron chi connectivity index (χ2n) is 17.6. The largest absolute Gasteiger partial charge is 0.493 e. The zero-order valence-electron chi connectivity index (χ0n) is 36.5. The Bertz CT molecular complexity index is 1480. The molecule has 0 aliphatic carbocycles. The molecule has 0 bridgehead atoms. The van der Waals surface area contributed by atoms with Gasteiger partial charge < -0.3 is 29.7 Å². The Morgan fingerprint density at radius 2 is 1.25 bits per heavy atom. The first-order chi connectivity index (χ1) is 25.0. The fourth-order valence-corrected chi connectivity index (χ4v) is 5.44. The lowest BCUT2D eigenvalue weighted by molar-refractivity contribution is -0.117. The third kappa shape index (κ3) is 26.5. The number of carbonyl (C=O) groups is 1. The maximum Gasteiger partial charge on any atom is 0.264 e. The predicted molar refractivity (Wildman–Crippen MR) is 224 cm³/mol. The van der Waals surface area contributed by atoms with E-state index in [1.54, 1.807) is 20.8 Å². The van der Waals surface area contributed by atoms with Crippen molar-refractivity contribution in [3.05, 3.63) is 72.3 Å². The predicted octanol–water partition coefficient (Wildman–Crippen LogP) is 7.13. The number of amides is 1. The number of hydrogen-bond acceptors (Lipinski definition) is 10. The monoisotopic (exact) mass is 795 g/mol. The molecule has 2 atom stereocenters. The van der Waals surface area contributed by atoms with Crippen molar-refractivity contribution in [1.82, 2.24) is 10.2 Å². The first kappa shape index (κ1) is 52.0. The Kier molecular flexibility index (Phi) is 22.0. The molecule has 1 heterocycles. The Balaban J connectivity index is 0.000000936. The van der Waals surface area contributed by atoms with Crippen molar-refractivity contribution >= 4 is 16.0 Å². The summed E-state index contributed by atoms with van der Waals surface area (Å²) in [6.07, 6.45) is 1.75. The molecule has 0 saturated carbocycles. The third-order valence-corrected chi connectivity index (χ3v) is 8.35. The molecule has 2 aromatic carbocycles. The number of carbonyl (C=O) groups excluding carboxylic acids is 1. The van der Waals surface area contributed by atoms with Crippen LogP contribution in [0.25, 0.3) is 0 Å². The summed E-state index contributed by atoms with van der Waals surface area (Å²) in [5.74, 6) is 1.52. The van der Waals surface area contributed by atoms with Gasteiger partial charge in [0.15, 0.2) is 0 Å². The topological polar surface area (TPSA) is 144 Å². The number of hydrogen-bond donors (Lipinski definition) is 3. The number of aliphatic hydroxyl groups is 2.